The first-order valence-electron chi connectivity index (χ1n) is 7.70. The third kappa shape index (κ3) is 4.50. The van der Waals surface area contributed by atoms with Gasteiger partial charge in [-0.25, -0.2) is 16.8 Å². The molecule has 0 radical (unpaired) electrons. The van der Waals surface area contributed by atoms with Crippen LogP contribution < -0.4 is 4.72 Å². The molecule has 2 aromatic rings. The van der Waals surface area contributed by atoms with E-state index in [1.165, 1.54) is 46.8 Å². The van der Waals surface area contributed by atoms with Gasteiger partial charge in [-0.3, -0.25) is 4.72 Å². The number of nitrogens with zero attached hydrogens (tertiary/aromatic N) is 1. The number of sulfonamides is 2. The second kappa shape index (κ2) is 8.14. The van der Waals surface area contributed by atoms with Gasteiger partial charge in [-0.2, -0.15) is 4.31 Å². The van der Waals surface area contributed by atoms with Crippen LogP contribution in [0.25, 0.3) is 0 Å². The Kier molecular flexibility index (Phi) is 6.57. The van der Waals surface area contributed by atoms with Crippen LogP contribution in [0.1, 0.15) is 13.8 Å². The number of hydrogen-bond donors (Lipinski definition) is 1. The second-order valence-corrected chi connectivity index (χ2v) is 9.73. The standard InChI is InChI=1S/C16H18Cl2N2O4S2/c1-3-20(4-2)26(23,24)14-8-6-13(7-9-14)19-25(21,22)16-11-12(17)5-10-15(16)18/h5-11,19H,3-4H2,1-2H3. The Morgan fingerprint density at radius 2 is 1.50 bits per heavy atom. The van der Waals surface area contributed by atoms with Crippen molar-refractivity contribution in [1.82, 2.24) is 4.31 Å². The molecule has 2 aromatic carbocycles. The van der Waals surface area contributed by atoms with E-state index in [1.807, 2.05) is 0 Å². The number of benzene rings is 2. The number of anilines is 1. The number of nitrogens with one attached hydrogen (secondary N) is 1. The number of rotatable bonds is 7. The molecule has 0 fully saturated rings. The van der Waals surface area contributed by atoms with E-state index in [-0.39, 0.29) is 25.5 Å². The third-order valence-corrected chi connectivity index (χ3v) is 7.79. The van der Waals surface area contributed by atoms with Gasteiger partial charge in [-0.05, 0) is 42.5 Å². The quantitative estimate of drug-likeness (QED) is 0.714. The van der Waals surface area contributed by atoms with E-state index in [4.69, 9.17) is 23.2 Å². The second-order valence-electron chi connectivity index (χ2n) is 5.29. The molecule has 10 heteroatoms. The molecule has 0 saturated heterocycles. The molecular formula is C16H18Cl2N2O4S2. The van der Waals surface area contributed by atoms with E-state index in [9.17, 15) is 16.8 Å². The summed E-state index contributed by atoms with van der Waals surface area (Å²) in [6.45, 7) is 4.19. The van der Waals surface area contributed by atoms with Crippen molar-refractivity contribution in [2.75, 3.05) is 17.8 Å². The zero-order valence-electron chi connectivity index (χ0n) is 14.1. The van der Waals surface area contributed by atoms with Gasteiger partial charge >= 0.3 is 0 Å². The van der Waals surface area contributed by atoms with Gasteiger partial charge < -0.3 is 0 Å². The molecule has 2 rings (SSSR count). The van der Waals surface area contributed by atoms with Crippen LogP contribution in [0.5, 0.6) is 0 Å². The lowest BCUT2D eigenvalue weighted by Crippen LogP contribution is -2.30. The Morgan fingerprint density at radius 1 is 0.923 bits per heavy atom. The Morgan fingerprint density at radius 3 is 2.04 bits per heavy atom. The maximum Gasteiger partial charge on any atom is 0.263 e. The lowest BCUT2D eigenvalue weighted by Gasteiger charge is -2.18. The Bertz CT molecular complexity index is 987. The van der Waals surface area contributed by atoms with Crippen LogP contribution in [0, 0.1) is 0 Å². The minimum Gasteiger partial charge on any atom is -0.280 e. The van der Waals surface area contributed by atoms with E-state index in [0.717, 1.165) is 0 Å². The predicted octanol–water partition coefficient (Wildman–Crippen LogP) is 3.82. The zero-order chi connectivity index (χ0) is 19.5. The van der Waals surface area contributed by atoms with Gasteiger partial charge in [0.05, 0.1) is 9.92 Å². The highest BCUT2D eigenvalue weighted by Gasteiger charge is 2.22. The topological polar surface area (TPSA) is 83.6 Å². The molecule has 0 bridgehead atoms. The summed E-state index contributed by atoms with van der Waals surface area (Å²) in [5.74, 6) is 0. The monoisotopic (exact) mass is 436 g/mol. The summed E-state index contributed by atoms with van der Waals surface area (Å²) in [5.41, 5.74) is 0.208. The van der Waals surface area contributed by atoms with Crippen LogP contribution in [0.4, 0.5) is 5.69 Å². The molecule has 0 spiro atoms. The van der Waals surface area contributed by atoms with Crippen molar-refractivity contribution < 1.29 is 16.8 Å². The lowest BCUT2D eigenvalue weighted by molar-refractivity contribution is 0.445. The molecule has 0 unspecified atom stereocenters. The van der Waals surface area contributed by atoms with Crippen LogP contribution in [-0.4, -0.2) is 34.2 Å². The highest BCUT2D eigenvalue weighted by atomic mass is 35.5. The summed E-state index contributed by atoms with van der Waals surface area (Å²) < 4.78 is 53.5. The summed E-state index contributed by atoms with van der Waals surface area (Å²) in [7, 11) is -7.58. The molecule has 142 valence electrons. The van der Waals surface area contributed by atoms with Crippen LogP contribution in [0.2, 0.25) is 10.0 Å². The summed E-state index contributed by atoms with van der Waals surface area (Å²) in [6.07, 6.45) is 0. The summed E-state index contributed by atoms with van der Waals surface area (Å²) >= 11 is 11.8. The van der Waals surface area contributed by atoms with E-state index >= 15 is 0 Å². The minimum atomic E-state index is -3.97. The summed E-state index contributed by atoms with van der Waals surface area (Å²) in [6, 6.07) is 9.58. The first-order valence-corrected chi connectivity index (χ1v) is 11.4. The van der Waals surface area contributed by atoms with Gasteiger partial charge in [-0.15, -0.1) is 0 Å². The normalized spacial score (nSPS) is 12.3. The van der Waals surface area contributed by atoms with Crippen LogP contribution in [0.15, 0.2) is 52.3 Å². The molecule has 0 saturated carbocycles. The molecule has 0 atom stereocenters. The molecule has 6 nitrogen and oxygen atoms in total. The maximum absolute atomic E-state index is 12.5. The van der Waals surface area contributed by atoms with Gasteiger partial charge in [0.25, 0.3) is 10.0 Å². The molecule has 0 aliphatic heterocycles. The summed E-state index contributed by atoms with van der Waals surface area (Å²) in [5, 5.41) is 0.262. The van der Waals surface area contributed by atoms with Gasteiger partial charge in [0, 0.05) is 23.8 Å². The molecule has 0 amide bonds. The largest absolute Gasteiger partial charge is 0.280 e. The molecule has 0 heterocycles. The maximum atomic E-state index is 12.5. The molecular weight excluding hydrogens is 419 g/mol. The Labute approximate surface area is 163 Å². The predicted molar refractivity (Wildman–Crippen MR) is 104 cm³/mol. The molecule has 0 aliphatic rings. The van der Waals surface area contributed by atoms with E-state index in [2.05, 4.69) is 4.72 Å². The molecule has 1 N–H and O–H groups in total. The van der Waals surface area contributed by atoms with Crippen molar-refractivity contribution in [2.45, 2.75) is 23.6 Å². The highest BCUT2D eigenvalue weighted by Crippen LogP contribution is 2.27. The SMILES string of the molecule is CCN(CC)S(=O)(=O)c1ccc(NS(=O)(=O)c2cc(Cl)ccc2Cl)cc1. The van der Waals surface area contributed by atoms with Crippen molar-refractivity contribution in [3.05, 3.63) is 52.5 Å². The van der Waals surface area contributed by atoms with E-state index in [1.54, 1.807) is 13.8 Å². The average Bonchev–Trinajstić information content (AvgIpc) is 2.58. The fraction of sp³-hybridized carbons (Fsp3) is 0.250. The van der Waals surface area contributed by atoms with Crippen LogP contribution >= 0.6 is 23.2 Å². The van der Waals surface area contributed by atoms with Gasteiger partial charge in [0.15, 0.2) is 0 Å². The van der Waals surface area contributed by atoms with Crippen molar-refractivity contribution in [3.63, 3.8) is 0 Å². The Hall–Kier alpha value is -1.32. The van der Waals surface area contributed by atoms with E-state index in [0.29, 0.717) is 13.1 Å². The first-order chi connectivity index (χ1) is 12.1. The van der Waals surface area contributed by atoms with Crippen LogP contribution in [-0.2, 0) is 20.0 Å². The fourth-order valence-corrected chi connectivity index (χ4v) is 5.58. The van der Waals surface area contributed by atoms with Gasteiger partial charge in [-0.1, -0.05) is 37.0 Å². The van der Waals surface area contributed by atoms with Crippen LogP contribution in [0.3, 0.4) is 0 Å². The summed E-state index contributed by atoms with van der Waals surface area (Å²) in [4.78, 5) is -0.0727. The lowest BCUT2D eigenvalue weighted by atomic mass is 10.3. The molecule has 0 aliphatic carbocycles. The number of hydrogen-bond acceptors (Lipinski definition) is 4. The van der Waals surface area contributed by atoms with Crippen molar-refractivity contribution >= 4 is 48.9 Å². The fourth-order valence-electron chi connectivity index (χ4n) is 2.30. The molecule has 0 aromatic heterocycles. The van der Waals surface area contributed by atoms with Gasteiger partial charge in [0.2, 0.25) is 10.0 Å². The van der Waals surface area contributed by atoms with Crippen molar-refractivity contribution in [3.8, 4) is 0 Å². The molecule has 26 heavy (non-hydrogen) atoms. The number of halogens is 2. The van der Waals surface area contributed by atoms with Gasteiger partial charge in [0.1, 0.15) is 4.90 Å². The average molecular weight is 437 g/mol. The van der Waals surface area contributed by atoms with E-state index < -0.39 is 20.0 Å². The van der Waals surface area contributed by atoms with Crippen molar-refractivity contribution in [1.29, 1.82) is 0 Å². The zero-order valence-corrected chi connectivity index (χ0v) is 17.3. The smallest absolute Gasteiger partial charge is 0.263 e. The highest BCUT2D eigenvalue weighted by molar-refractivity contribution is 7.92. The first kappa shape index (κ1) is 21.0. The van der Waals surface area contributed by atoms with Crippen molar-refractivity contribution in [2.24, 2.45) is 0 Å². The third-order valence-electron chi connectivity index (χ3n) is 3.63. The Balaban J connectivity index is 2.31. The minimum absolute atomic E-state index is 0.0302.